The van der Waals surface area contributed by atoms with Crippen LogP contribution in [0.5, 0.6) is 0 Å². The number of hydrogen-bond acceptors (Lipinski definition) is 8. The first-order valence-corrected chi connectivity index (χ1v) is 18.7. The van der Waals surface area contributed by atoms with E-state index in [0.29, 0.717) is 31.3 Å². The minimum atomic E-state index is -0.638. The Morgan fingerprint density at radius 3 is 1.78 bits per heavy atom. The van der Waals surface area contributed by atoms with Crippen molar-refractivity contribution in [2.24, 2.45) is 0 Å². The molecule has 3 aliphatic rings. The van der Waals surface area contributed by atoms with Gasteiger partial charge in [-0.2, -0.15) is 0 Å². The summed E-state index contributed by atoms with van der Waals surface area (Å²) in [6.07, 6.45) is 21.5. The van der Waals surface area contributed by atoms with Crippen molar-refractivity contribution in [3.8, 4) is 0 Å². The average molecular weight is 639 g/mol. The highest BCUT2D eigenvalue weighted by atomic mass is 16.5. The Morgan fingerprint density at radius 1 is 0.667 bits per heavy atom. The van der Waals surface area contributed by atoms with Crippen molar-refractivity contribution in [1.29, 1.82) is 0 Å². The summed E-state index contributed by atoms with van der Waals surface area (Å²) in [5, 5.41) is 42.4. The van der Waals surface area contributed by atoms with Crippen molar-refractivity contribution in [3.05, 3.63) is 11.6 Å². The topological polar surface area (TPSA) is 126 Å². The van der Waals surface area contributed by atoms with Crippen LogP contribution < -0.4 is 0 Å². The first-order valence-electron chi connectivity index (χ1n) is 18.7. The molecule has 2 saturated heterocycles. The molecule has 0 aromatic carbocycles. The van der Waals surface area contributed by atoms with Gasteiger partial charge in [0.15, 0.2) is 0 Å². The Morgan fingerprint density at radius 2 is 1.18 bits per heavy atom. The molecule has 9 atom stereocenters. The molecule has 8 nitrogen and oxygen atoms in total. The van der Waals surface area contributed by atoms with Gasteiger partial charge >= 0.3 is 5.97 Å². The van der Waals surface area contributed by atoms with Crippen LogP contribution in [0.3, 0.4) is 0 Å². The van der Waals surface area contributed by atoms with Crippen LogP contribution in [0.1, 0.15) is 162 Å². The molecule has 0 unspecified atom stereocenters. The van der Waals surface area contributed by atoms with Gasteiger partial charge in [0.2, 0.25) is 0 Å². The normalized spacial score (nSPS) is 27.8. The number of esters is 1. The minimum absolute atomic E-state index is 0.148. The summed E-state index contributed by atoms with van der Waals surface area (Å²) in [6, 6.07) is 0. The molecular formula is C37H66O8. The minimum Gasteiger partial charge on any atom is -0.455 e. The summed E-state index contributed by atoms with van der Waals surface area (Å²) in [5.74, 6) is -0.309. The Hall–Kier alpha value is -1.03. The van der Waals surface area contributed by atoms with Gasteiger partial charge in [0.05, 0.1) is 48.8 Å². The van der Waals surface area contributed by atoms with Gasteiger partial charge < -0.3 is 34.6 Å². The molecule has 0 amide bonds. The lowest BCUT2D eigenvalue weighted by Gasteiger charge is -2.24. The number of ether oxygens (including phenoxy) is 3. The van der Waals surface area contributed by atoms with Gasteiger partial charge in [-0.25, -0.2) is 4.79 Å². The van der Waals surface area contributed by atoms with E-state index in [0.717, 1.165) is 70.6 Å². The number of carbonyl (C=O) groups is 1. The van der Waals surface area contributed by atoms with Crippen molar-refractivity contribution < 1.29 is 39.4 Å². The first-order chi connectivity index (χ1) is 21.8. The van der Waals surface area contributed by atoms with Gasteiger partial charge in [-0.05, 0) is 70.8 Å². The van der Waals surface area contributed by atoms with Gasteiger partial charge in [-0.3, -0.25) is 0 Å². The maximum Gasteiger partial charge on any atom is 0.334 e. The second-order valence-corrected chi connectivity index (χ2v) is 14.2. The molecule has 45 heavy (non-hydrogen) atoms. The molecule has 0 aromatic rings. The molecule has 3 rings (SSSR count). The smallest absolute Gasteiger partial charge is 0.334 e. The number of unbranched alkanes of at least 4 members (excludes halogenated alkanes) is 11. The molecule has 3 aliphatic heterocycles. The fourth-order valence-electron chi connectivity index (χ4n) is 7.29. The van der Waals surface area contributed by atoms with Crippen molar-refractivity contribution in [2.45, 2.75) is 216 Å². The zero-order valence-corrected chi connectivity index (χ0v) is 28.5. The fraction of sp³-hybridized carbons (Fsp3) is 0.919. The largest absolute Gasteiger partial charge is 0.455 e. The van der Waals surface area contributed by atoms with Gasteiger partial charge in [-0.15, -0.1) is 0 Å². The van der Waals surface area contributed by atoms with Gasteiger partial charge in [-0.1, -0.05) is 90.4 Å². The third-order valence-electron chi connectivity index (χ3n) is 10.1. The lowest BCUT2D eigenvalue weighted by atomic mass is 9.98. The second-order valence-electron chi connectivity index (χ2n) is 14.2. The van der Waals surface area contributed by atoms with Crippen LogP contribution in [0.25, 0.3) is 0 Å². The SMILES string of the molecule is CCCCCCCCCCCC[C@@H](O)[C@H]1CC[C@@H]([C@@H](O)CC[C@@H](O)[C@@H]2CC[C@H](CCCCC[C@H](O)CC3=C[C@@H](C)OC3=O)O2)O1. The van der Waals surface area contributed by atoms with Crippen molar-refractivity contribution in [2.75, 3.05) is 0 Å². The predicted octanol–water partition coefficient (Wildman–Crippen LogP) is 6.83. The molecule has 0 aromatic heterocycles. The quantitative estimate of drug-likeness (QED) is 0.0634. The zero-order chi connectivity index (χ0) is 32.4. The lowest BCUT2D eigenvalue weighted by Crippen LogP contribution is -2.33. The average Bonchev–Trinajstić information content (AvgIpc) is 3.77. The summed E-state index contributed by atoms with van der Waals surface area (Å²) >= 11 is 0. The van der Waals surface area contributed by atoms with Crippen LogP contribution in [0.4, 0.5) is 0 Å². The maximum absolute atomic E-state index is 11.7. The summed E-state index contributed by atoms with van der Waals surface area (Å²) < 4.78 is 17.3. The molecule has 0 bridgehead atoms. The fourth-order valence-corrected chi connectivity index (χ4v) is 7.29. The van der Waals surface area contributed by atoms with E-state index in [9.17, 15) is 25.2 Å². The number of aliphatic hydroxyl groups excluding tert-OH is 4. The third-order valence-corrected chi connectivity index (χ3v) is 10.1. The molecule has 0 saturated carbocycles. The number of aliphatic hydroxyl groups is 4. The van der Waals surface area contributed by atoms with Crippen LogP contribution in [0.2, 0.25) is 0 Å². The third kappa shape index (κ3) is 14.7. The molecule has 4 N–H and O–H groups in total. The molecule has 0 radical (unpaired) electrons. The molecule has 3 heterocycles. The molecule has 8 heteroatoms. The second kappa shape index (κ2) is 21.8. The van der Waals surface area contributed by atoms with Crippen LogP contribution in [0, 0.1) is 0 Å². The van der Waals surface area contributed by atoms with Crippen molar-refractivity contribution in [1.82, 2.24) is 0 Å². The molecule has 0 spiro atoms. The van der Waals surface area contributed by atoms with Crippen LogP contribution >= 0.6 is 0 Å². The van der Waals surface area contributed by atoms with Crippen LogP contribution in [-0.2, 0) is 19.0 Å². The van der Waals surface area contributed by atoms with Crippen molar-refractivity contribution in [3.63, 3.8) is 0 Å². The molecule has 262 valence electrons. The monoisotopic (exact) mass is 638 g/mol. The Balaban J connectivity index is 1.17. The summed E-state index contributed by atoms with van der Waals surface area (Å²) in [5.41, 5.74) is 0.583. The van der Waals surface area contributed by atoms with Crippen LogP contribution in [-0.4, -0.2) is 81.3 Å². The van der Waals surface area contributed by atoms with E-state index in [-0.39, 0.29) is 36.5 Å². The highest BCUT2D eigenvalue weighted by Crippen LogP contribution is 2.31. The van der Waals surface area contributed by atoms with Gasteiger partial charge in [0.25, 0.3) is 0 Å². The van der Waals surface area contributed by atoms with E-state index in [4.69, 9.17) is 14.2 Å². The van der Waals surface area contributed by atoms with E-state index in [1.807, 2.05) is 6.92 Å². The van der Waals surface area contributed by atoms with Crippen LogP contribution in [0.15, 0.2) is 11.6 Å². The molecular weight excluding hydrogens is 572 g/mol. The Bertz CT molecular complexity index is 833. The van der Waals surface area contributed by atoms with E-state index < -0.39 is 24.4 Å². The highest BCUT2D eigenvalue weighted by molar-refractivity contribution is 5.90. The number of rotatable bonds is 25. The number of cyclic esters (lactones) is 1. The Kier molecular flexibility index (Phi) is 18.6. The van der Waals surface area contributed by atoms with Gasteiger partial charge in [0.1, 0.15) is 6.10 Å². The summed E-state index contributed by atoms with van der Waals surface area (Å²) in [4.78, 5) is 11.7. The lowest BCUT2D eigenvalue weighted by molar-refractivity contribution is -0.139. The van der Waals surface area contributed by atoms with Gasteiger partial charge in [0, 0.05) is 12.0 Å². The standard InChI is InChI=1S/C37H66O8/c1-3-4-5-6-7-8-9-10-11-15-18-31(39)35-23-24-36(45-35)33(41)21-20-32(40)34-22-19-30(44-34)17-14-12-13-16-29(38)26-28-25-27(2)43-37(28)42/h25,27,29-36,38-41H,3-24,26H2,1-2H3/t27-,29+,30+,31-,32-,33+,34+,35-,36+/m1/s1. The first kappa shape index (κ1) is 38.4. The van der Waals surface area contributed by atoms with E-state index in [2.05, 4.69) is 6.92 Å². The Labute approximate surface area is 273 Å². The van der Waals surface area contributed by atoms with E-state index in [1.165, 1.54) is 51.4 Å². The summed E-state index contributed by atoms with van der Waals surface area (Å²) in [6.45, 7) is 4.07. The summed E-state index contributed by atoms with van der Waals surface area (Å²) in [7, 11) is 0. The van der Waals surface area contributed by atoms with E-state index in [1.54, 1.807) is 6.08 Å². The molecule has 0 aliphatic carbocycles. The number of hydrogen-bond donors (Lipinski definition) is 4. The van der Waals surface area contributed by atoms with Crippen molar-refractivity contribution >= 4 is 5.97 Å². The van der Waals surface area contributed by atoms with E-state index >= 15 is 0 Å². The highest BCUT2D eigenvalue weighted by Gasteiger charge is 2.36. The molecule has 2 fully saturated rings. The zero-order valence-electron chi connectivity index (χ0n) is 28.5. The maximum atomic E-state index is 11.7. The number of carbonyl (C=O) groups excluding carboxylic acids is 1. The predicted molar refractivity (Wildman–Crippen MR) is 177 cm³/mol.